The Hall–Kier alpha value is -0.260. The third-order valence-electron chi connectivity index (χ3n) is 7.15. The lowest BCUT2D eigenvalue weighted by molar-refractivity contribution is 0.484. The molecule has 2 aliphatic rings. The predicted octanol–water partition coefficient (Wildman–Crippen LogP) is 7.22. The minimum absolute atomic E-state index is 0.782. The lowest BCUT2D eigenvalue weighted by Gasteiger charge is -2.44. The molecule has 0 amide bonds. The summed E-state index contributed by atoms with van der Waals surface area (Å²) in [7, 11) is 0. The molecule has 0 aliphatic heterocycles. The highest BCUT2D eigenvalue weighted by atomic mass is 32.5. The first-order valence-electron chi connectivity index (χ1n) is 11.4. The van der Waals surface area contributed by atoms with Gasteiger partial charge in [0.25, 0.3) is 0 Å². The molecular weight excluding hydrogens is 426 g/mol. The average molecular weight is 461 g/mol. The van der Waals surface area contributed by atoms with E-state index in [2.05, 4.69) is 60.7 Å². The van der Waals surface area contributed by atoms with Gasteiger partial charge in [0.15, 0.2) is 0 Å². The maximum atomic E-state index is 6.86. The topological polar surface area (TPSA) is 0 Å². The lowest BCUT2D eigenvalue weighted by atomic mass is 9.99. The average Bonchev–Trinajstić information content (AvgIpc) is 2.81. The molecule has 2 aliphatic carbocycles. The van der Waals surface area contributed by atoms with Crippen molar-refractivity contribution in [2.24, 2.45) is 0 Å². The van der Waals surface area contributed by atoms with Gasteiger partial charge in [-0.15, -0.1) is 0 Å². The van der Waals surface area contributed by atoms with Gasteiger partial charge in [0.2, 0.25) is 0 Å². The van der Waals surface area contributed by atoms with E-state index in [0.29, 0.717) is 0 Å². The maximum absolute atomic E-state index is 6.86. The Morgan fingerprint density at radius 2 is 0.966 bits per heavy atom. The van der Waals surface area contributed by atoms with Crippen LogP contribution in [0, 0.1) is 0 Å². The molecule has 0 nitrogen and oxygen atoms in total. The van der Waals surface area contributed by atoms with E-state index in [-0.39, 0.29) is 0 Å². The van der Waals surface area contributed by atoms with Crippen molar-refractivity contribution in [1.29, 1.82) is 0 Å². The molecule has 0 saturated heterocycles. The Labute approximate surface area is 187 Å². The monoisotopic (exact) mass is 460 g/mol. The first-order chi connectivity index (χ1) is 14.1. The van der Waals surface area contributed by atoms with Gasteiger partial charge in [-0.25, -0.2) is 0 Å². The van der Waals surface area contributed by atoms with E-state index in [1.54, 1.807) is 0 Å². The van der Waals surface area contributed by atoms with Gasteiger partial charge in [0.05, 0.1) is 0 Å². The summed E-state index contributed by atoms with van der Waals surface area (Å²) < 4.78 is 0. The molecule has 2 fully saturated rings. The van der Waals surface area contributed by atoms with Crippen LogP contribution in [0.3, 0.4) is 0 Å². The molecule has 4 rings (SSSR count). The van der Waals surface area contributed by atoms with Gasteiger partial charge in [-0.1, -0.05) is 123 Å². The van der Waals surface area contributed by atoms with Gasteiger partial charge in [0, 0.05) is 11.9 Å². The van der Waals surface area contributed by atoms with Crippen LogP contribution in [-0.2, 0) is 23.6 Å². The van der Waals surface area contributed by atoms with E-state index in [9.17, 15) is 0 Å². The van der Waals surface area contributed by atoms with Gasteiger partial charge >= 0.3 is 0 Å². The van der Waals surface area contributed by atoms with Gasteiger partial charge in [0.1, 0.15) is 0 Å². The SMILES string of the molecule is S=P(CP(=S)(C1CCCCC1)C1CCCCC1)(c1ccccc1)c1ccccc1. The minimum Gasteiger partial charge on any atom is -0.0965 e. The van der Waals surface area contributed by atoms with Crippen molar-refractivity contribution in [3.05, 3.63) is 60.7 Å². The summed E-state index contributed by atoms with van der Waals surface area (Å²) in [6.45, 7) is 0. The van der Waals surface area contributed by atoms with Crippen molar-refractivity contribution in [1.82, 2.24) is 0 Å². The van der Waals surface area contributed by atoms with Crippen LogP contribution in [0.2, 0.25) is 0 Å². The van der Waals surface area contributed by atoms with E-state index in [1.807, 2.05) is 0 Å². The summed E-state index contributed by atoms with van der Waals surface area (Å²) >= 11 is 13.6. The smallest absolute Gasteiger partial charge is 0.0154 e. The Balaban J connectivity index is 1.78. The summed E-state index contributed by atoms with van der Waals surface area (Å²) in [5.74, 6) is 1.13. The van der Waals surface area contributed by atoms with Crippen molar-refractivity contribution in [2.45, 2.75) is 75.5 Å². The molecule has 0 atom stereocenters. The number of hydrogen-bond acceptors (Lipinski definition) is 2. The zero-order valence-electron chi connectivity index (χ0n) is 17.4. The van der Waals surface area contributed by atoms with Crippen LogP contribution in [0.1, 0.15) is 64.2 Å². The third-order valence-corrected chi connectivity index (χ3v) is 21.4. The molecule has 4 heteroatoms. The van der Waals surface area contributed by atoms with Crippen molar-refractivity contribution >= 4 is 46.3 Å². The Bertz CT molecular complexity index is 801. The zero-order chi connectivity index (χ0) is 20.2. The van der Waals surface area contributed by atoms with Gasteiger partial charge in [-0.2, -0.15) is 0 Å². The molecule has 156 valence electrons. The van der Waals surface area contributed by atoms with E-state index < -0.39 is 12.1 Å². The molecule has 0 aromatic heterocycles. The summed E-state index contributed by atoms with van der Waals surface area (Å²) in [5, 5.41) is 2.75. The number of hydrogen-bond donors (Lipinski definition) is 0. The van der Waals surface area contributed by atoms with E-state index in [4.69, 9.17) is 23.6 Å². The summed E-state index contributed by atoms with van der Waals surface area (Å²) in [5.41, 5.74) is 1.56. The number of benzene rings is 2. The fourth-order valence-electron chi connectivity index (χ4n) is 5.53. The second-order valence-electron chi connectivity index (χ2n) is 8.99. The first-order valence-corrected chi connectivity index (χ1v) is 17.5. The zero-order valence-corrected chi connectivity index (χ0v) is 20.8. The molecule has 0 bridgehead atoms. The maximum Gasteiger partial charge on any atom is 0.0154 e. The van der Waals surface area contributed by atoms with Crippen LogP contribution in [0.4, 0.5) is 0 Å². The quantitative estimate of drug-likeness (QED) is 0.418. The molecule has 0 N–H and O–H groups in total. The van der Waals surface area contributed by atoms with Crippen molar-refractivity contribution in [2.75, 3.05) is 5.90 Å². The standard InChI is InChI=1S/C25H34P2S2/c28-26(22-13-5-1-6-14-22,23-15-7-2-8-16-23)21-27(29,24-17-9-3-10-18-24)25-19-11-4-12-20-25/h1-2,5-8,13-16,24-25H,3-4,9-12,17-21H2. The molecule has 2 aromatic rings. The van der Waals surface area contributed by atoms with E-state index in [1.165, 1.54) is 74.8 Å². The van der Waals surface area contributed by atoms with Crippen molar-refractivity contribution in [3.63, 3.8) is 0 Å². The van der Waals surface area contributed by atoms with Crippen LogP contribution < -0.4 is 10.6 Å². The van der Waals surface area contributed by atoms with Crippen LogP contribution in [0.25, 0.3) is 0 Å². The molecule has 0 radical (unpaired) electrons. The third kappa shape index (κ3) is 4.82. The second kappa shape index (κ2) is 9.91. The van der Waals surface area contributed by atoms with Crippen molar-refractivity contribution < 1.29 is 0 Å². The molecule has 0 unspecified atom stereocenters. The summed E-state index contributed by atoms with van der Waals surface area (Å²) in [6.07, 6.45) is 13.8. The van der Waals surface area contributed by atoms with Crippen LogP contribution in [0.15, 0.2) is 60.7 Å². The molecule has 2 saturated carbocycles. The van der Waals surface area contributed by atoms with Gasteiger partial charge in [-0.05, 0) is 53.6 Å². The molecule has 2 aromatic carbocycles. The molecule has 29 heavy (non-hydrogen) atoms. The van der Waals surface area contributed by atoms with Crippen molar-refractivity contribution in [3.8, 4) is 0 Å². The van der Waals surface area contributed by atoms with Crippen LogP contribution >= 0.6 is 12.1 Å². The van der Waals surface area contributed by atoms with Gasteiger partial charge < -0.3 is 0 Å². The highest BCUT2D eigenvalue weighted by Gasteiger charge is 2.41. The molecule has 0 spiro atoms. The Kier molecular flexibility index (Phi) is 7.50. The highest BCUT2D eigenvalue weighted by Crippen LogP contribution is 2.70. The summed E-state index contributed by atoms with van der Waals surface area (Å²) in [6, 6.07) is 18.6. The van der Waals surface area contributed by atoms with Gasteiger partial charge in [-0.3, -0.25) is 0 Å². The largest absolute Gasteiger partial charge is 0.0965 e. The summed E-state index contributed by atoms with van der Waals surface area (Å²) in [4.78, 5) is 0. The Morgan fingerprint density at radius 1 is 0.586 bits per heavy atom. The number of rotatable bonds is 6. The van der Waals surface area contributed by atoms with Crippen LogP contribution in [0.5, 0.6) is 0 Å². The normalized spacial score (nSPS) is 19.9. The second-order valence-corrected chi connectivity index (χ2v) is 19.7. The lowest BCUT2D eigenvalue weighted by Crippen LogP contribution is -2.28. The van der Waals surface area contributed by atoms with Crippen LogP contribution in [-0.4, -0.2) is 17.2 Å². The fraction of sp³-hybridized carbons (Fsp3) is 0.520. The van der Waals surface area contributed by atoms with E-state index >= 15 is 0 Å². The first kappa shape index (κ1) is 22.0. The fourth-order valence-corrected chi connectivity index (χ4v) is 21.8. The minimum atomic E-state index is -1.90. The molecular formula is C25H34P2S2. The predicted molar refractivity (Wildman–Crippen MR) is 139 cm³/mol. The Morgan fingerprint density at radius 3 is 1.34 bits per heavy atom. The van der Waals surface area contributed by atoms with E-state index in [0.717, 1.165) is 17.2 Å². The highest BCUT2D eigenvalue weighted by molar-refractivity contribution is 8.29. The molecule has 0 heterocycles.